The molecule has 0 saturated heterocycles. The van der Waals surface area contributed by atoms with E-state index >= 15 is 4.39 Å². The molecule has 0 unspecified atom stereocenters. The van der Waals surface area contributed by atoms with Crippen LogP contribution in [0.2, 0.25) is 0 Å². The van der Waals surface area contributed by atoms with Crippen molar-refractivity contribution in [3.05, 3.63) is 78.1 Å². The van der Waals surface area contributed by atoms with Crippen LogP contribution in [0.4, 0.5) is 4.39 Å². The molecule has 0 fully saturated rings. The van der Waals surface area contributed by atoms with Crippen molar-refractivity contribution < 1.29 is 4.39 Å². The molecule has 3 heteroatoms. The number of nitrogens with zero attached hydrogens (tertiary/aromatic N) is 2. The molecule has 0 aliphatic heterocycles. The number of halogens is 1. The molecule has 3 aromatic carbocycles. The molecule has 0 aliphatic carbocycles. The SMILES string of the molecule is CCCCCCCc1ccccc1-c1ccc(-c2nn(C)c3ccccc23)c(F)c1. The van der Waals surface area contributed by atoms with Gasteiger partial charge in [-0.1, -0.05) is 81.1 Å². The van der Waals surface area contributed by atoms with Gasteiger partial charge < -0.3 is 0 Å². The Morgan fingerprint density at radius 3 is 2.43 bits per heavy atom. The molecular formula is C27H29FN2. The fraction of sp³-hybridized carbons (Fsp3) is 0.296. The van der Waals surface area contributed by atoms with Gasteiger partial charge in [0.2, 0.25) is 0 Å². The number of unbranched alkanes of at least 4 members (excludes halogenated alkanes) is 4. The first-order valence-corrected chi connectivity index (χ1v) is 11.0. The number of benzene rings is 3. The third-order valence-corrected chi connectivity index (χ3v) is 5.86. The van der Waals surface area contributed by atoms with E-state index in [1.807, 2.05) is 54.2 Å². The highest BCUT2D eigenvalue weighted by Crippen LogP contribution is 2.33. The third-order valence-electron chi connectivity index (χ3n) is 5.86. The van der Waals surface area contributed by atoms with Crippen LogP contribution in [-0.4, -0.2) is 9.78 Å². The van der Waals surface area contributed by atoms with E-state index in [0.29, 0.717) is 11.3 Å². The molecule has 1 heterocycles. The Morgan fingerprint density at radius 1 is 0.833 bits per heavy atom. The first-order valence-electron chi connectivity index (χ1n) is 11.0. The molecule has 0 saturated carbocycles. The number of aryl methyl sites for hydroxylation is 2. The highest BCUT2D eigenvalue weighted by molar-refractivity contribution is 5.93. The molecule has 0 bridgehead atoms. The Bertz CT molecular complexity index is 1140. The molecule has 0 atom stereocenters. The molecule has 2 nitrogen and oxygen atoms in total. The Balaban J connectivity index is 1.63. The van der Waals surface area contributed by atoms with Crippen molar-refractivity contribution >= 4 is 10.9 Å². The zero-order chi connectivity index (χ0) is 20.9. The average molecular weight is 401 g/mol. The summed E-state index contributed by atoms with van der Waals surface area (Å²) in [5.74, 6) is -0.228. The number of rotatable bonds is 8. The van der Waals surface area contributed by atoms with Gasteiger partial charge in [0, 0.05) is 18.0 Å². The Hall–Kier alpha value is -2.94. The van der Waals surface area contributed by atoms with Crippen LogP contribution in [0.5, 0.6) is 0 Å². The summed E-state index contributed by atoms with van der Waals surface area (Å²) >= 11 is 0. The maximum absolute atomic E-state index is 15.2. The van der Waals surface area contributed by atoms with Crippen molar-refractivity contribution in [3.63, 3.8) is 0 Å². The summed E-state index contributed by atoms with van der Waals surface area (Å²) in [6.07, 6.45) is 7.32. The van der Waals surface area contributed by atoms with Crippen LogP contribution in [0.15, 0.2) is 66.7 Å². The number of aromatic nitrogens is 2. The first-order chi connectivity index (χ1) is 14.7. The van der Waals surface area contributed by atoms with E-state index in [0.717, 1.165) is 28.5 Å². The summed E-state index contributed by atoms with van der Waals surface area (Å²) in [6.45, 7) is 2.24. The van der Waals surface area contributed by atoms with Crippen molar-refractivity contribution in [2.75, 3.05) is 0 Å². The smallest absolute Gasteiger partial charge is 0.133 e. The minimum Gasteiger partial charge on any atom is -0.267 e. The van der Waals surface area contributed by atoms with Gasteiger partial charge >= 0.3 is 0 Å². The van der Waals surface area contributed by atoms with Gasteiger partial charge in [0.15, 0.2) is 0 Å². The van der Waals surface area contributed by atoms with E-state index < -0.39 is 0 Å². The lowest BCUT2D eigenvalue weighted by Crippen LogP contribution is -1.94. The lowest BCUT2D eigenvalue weighted by atomic mass is 9.94. The number of fused-ring (bicyclic) bond motifs is 1. The second-order valence-electron chi connectivity index (χ2n) is 8.01. The zero-order valence-electron chi connectivity index (χ0n) is 17.9. The molecule has 0 radical (unpaired) electrons. The fourth-order valence-corrected chi connectivity index (χ4v) is 4.23. The normalized spacial score (nSPS) is 11.3. The van der Waals surface area contributed by atoms with E-state index in [-0.39, 0.29) is 5.82 Å². The van der Waals surface area contributed by atoms with E-state index in [2.05, 4.69) is 30.2 Å². The molecule has 0 amide bonds. The lowest BCUT2D eigenvalue weighted by molar-refractivity contribution is 0.630. The molecule has 4 aromatic rings. The van der Waals surface area contributed by atoms with Crippen LogP contribution in [0.3, 0.4) is 0 Å². The summed E-state index contributed by atoms with van der Waals surface area (Å²) in [4.78, 5) is 0. The van der Waals surface area contributed by atoms with Gasteiger partial charge in [-0.15, -0.1) is 0 Å². The van der Waals surface area contributed by atoms with Crippen LogP contribution >= 0.6 is 0 Å². The third kappa shape index (κ3) is 4.16. The molecule has 1 aromatic heterocycles. The van der Waals surface area contributed by atoms with Gasteiger partial charge in [0.25, 0.3) is 0 Å². The predicted molar refractivity (Wildman–Crippen MR) is 124 cm³/mol. The van der Waals surface area contributed by atoms with Crippen LogP contribution in [-0.2, 0) is 13.5 Å². The van der Waals surface area contributed by atoms with Crippen molar-refractivity contribution in [1.82, 2.24) is 9.78 Å². The quantitative estimate of drug-likeness (QED) is 0.279. The Kier molecular flexibility index (Phi) is 6.27. The summed E-state index contributed by atoms with van der Waals surface area (Å²) < 4.78 is 17.0. The fourth-order valence-electron chi connectivity index (χ4n) is 4.23. The van der Waals surface area contributed by atoms with Gasteiger partial charge in [-0.05, 0) is 47.7 Å². The average Bonchev–Trinajstić information content (AvgIpc) is 3.10. The minimum atomic E-state index is -0.228. The first kappa shape index (κ1) is 20.3. The lowest BCUT2D eigenvalue weighted by Gasteiger charge is -2.11. The van der Waals surface area contributed by atoms with E-state index in [4.69, 9.17) is 0 Å². The zero-order valence-corrected chi connectivity index (χ0v) is 17.9. The molecular weight excluding hydrogens is 371 g/mol. The molecule has 0 spiro atoms. The Morgan fingerprint density at radius 2 is 1.60 bits per heavy atom. The van der Waals surface area contributed by atoms with Crippen LogP contribution in [0.1, 0.15) is 44.6 Å². The van der Waals surface area contributed by atoms with Gasteiger partial charge in [-0.25, -0.2) is 4.39 Å². The van der Waals surface area contributed by atoms with Gasteiger partial charge in [-0.3, -0.25) is 4.68 Å². The van der Waals surface area contributed by atoms with Crippen molar-refractivity contribution in [3.8, 4) is 22.4 Å². The summed E-state index contributed by atoms with van der Waals surface area (Å²) in [7, 11) is 1.90. The van der Waals surface area contributed by atoms with Crippen LogP contribution < -0.4 is 0 Å². The maximum Gasteiger partial charge on any atom is 0.133 e. The Labute approximate surface area is 178 Å². The minimum absolute atomic E-state index is 0.228. The largest absolute Gasteiger partial charge is 0.267 e. The summed E-state index contributed by atoms with van der Waals surface area (Å²) in [5.41, 5.74) is 5.60. The van der Waals surface area contributed by atoms with Crippen molar-refractivity contribution in [2.24, 2.45) is 7.05 Å². The van der Waals surface area contributed by atoms with E-state index in [1.165, 1.54) is 37.7 Å². The van der Waals surface area contributed by atoms with Crippen molar-refractivity contribution in [1.29, 1.82) is 0 Å². The van der Waals surface area contributed by atoms with Gasteiger partial charge in [0.05, 0.1) is 5.52 Å². The standard InChI is InChI=1S/C27H29FN2/c1-3-4-5-6-7-12-20-13-8-9-14-22(20)21-17-18-23(25(28)19-21)27-24-15-10-11-16-26(24)30(2)29-27/h8-11,13-19H,3-7,12H2,1-2H3. The maximum atomic E-state index is 15.2. The van der Waals surface area contributed by atoms with E-state index in [1.54, 1.807) is 6.07 Å². The number of para-hydroxylation sites is 1. The number of hydrogen-bond donors (Lipinski definition) is 0. The highest BCUT2D eigenvalue weighted by Gasteiger charge is 2.15. The second-order valence-corrected chi connectivity index (χ2v) is 8.01. The van der Waals surface area contributed by atoms with Crippen molar-refractivity contribution in [2.45, 2.75) is 45.4 Å². The van der Waals surface area contributed by atoms with Gasteiger partial charge in [0.1, 0.15) is 11.5 Å². The van der Waals surface area contributed by atoms with Gasteiger partial charge in [-0.2, -0.15) is 5.10 Å². The van der Waals surface area contributed by atoms with Crippen LogP contribution in [0, 0.1) is 5.82 Å². The molecule has 30 heavy (non-hydrogen) atoms. The molecule has 4 rings (SSSR count). The second kappa shape index (κ2) is 9.25. The van der Waals surface area contributed by atoms with Crippen LogP contribution in [0.25, 0.3) is 33.3 Å². The summed E-state index contributed by atoms with van der Waals surface area (Å²) in [5, 5.41) is 5.55. The topological polar surface area (TPSA) is 17.8 Å². The molecule has 154 valence electrons. The summed E-state index contributed by atoms with van der Waals surface area (Å²) in [6, 6.07) is 21.9. The predicted octanol–water partition coefficient (Wildman–Crippen LogP) is 7.56. The highest BCUT2D eigenvalue weighted by atomic mass is 19.1. The monoisotopic (exact) mass is 400 g/mol. The number of hydrogen-bond acceptors (Lipinski definition) is 1. The molecule has 0 N–H and O–H groups in total. The molecule has 0 aliphatic rings. The van der Waals surface area contributed by atoms with E-state index in [9.17, 15) is 0 Å².